The Balaban J connectivity index is 1.49. The van der Waals surface area contributed by atoms with E-state index in [2.05, 4.69) is 28.6 Å². The summed E-state index contributed by atoms with van der Waals surface area (Å²) in [6.07, 6.45) is 4.07. The third kappa shape index (κ3) is 5.41. The number of hydrogen-bond acceptors (Lipinski definition) is 4. The summed E-state index contributed by atoms with van der Waals surface area (Å²) in [6.45, 7) is 6.66. The van der Waals surface area contributed by atoms with Gasteiger partial charge < -0.3 is 20.1 Å². The first-order valence-corrected chi connectivity index (χ1v) is 9.41. The number of para-hydroxylation sites is 1. The fraction of sp³-hybridized carbons (Fsp3) is 0.500. The van der Waals surface area contributed by atoms with E-state index in [4.69, 9.17) is 14.5 Å². The van der Waals surface area contributed by atoms with Crippen LogP contribution >= 0.6 is 0 Å². The topological polar surface area (TPSA) is 67.8 Å². The lowest BCUT2D eigenvalue weighted by Crippen LogP contribution is -2.38. The molecule has 1 fully saturated rings. The molecule has 2 aromatic rings. The van der Waals surface area contributed by atoms with Crippen molar-refractivity contribution in [2.45, 2.75) is 32.4 Å². The maximum atomic E-state index is 5.79. The smallest absolute Gasteiger partial charge is 0.191 e. The number of fused-ring (bicyclic) bond motifs is 1. The van der Waals surface area contributed by atoms with Gasteiger partial charge in [0.05, 0.1) is 24.8 Å². The maximum Gasteiger partial charge on any atom is 0.191 e. The molecule has 0 aliphatic carbocycles. The number of pyridine rings is 1. The van der Waals surface area contributed by atoms with Crippen LogP contribution in [0.4, 0.5) is 0 Å². The van der Waals surface area contributed by atoms with Crippen LogP contribution in [0.2, 0.25) is 0 Å². The molecule has 1 aromatic heterocycles. The Bertz CT molecular complexity index is 709. The van der Waals surface area contributed by atoms with Gasteiger partial charge in [-0.1, -0.05) is 18.2 Å². The monoisotopic (exact) mass is 356 g/mol. The first-order valence-electron chi connectivity index (χ1n) is 9.41. The summed E-state index contributed by atoms with van der Waals surface area (Å²) in [4.78, 5) is 9.12. The van der Waals surface area contributed by atoms with Crippen LogP contribution in [-0.2, 0) is 16.0 Å². The molecule has 0 saturated carbocycles. The molecule has 0 radical (unpaired) electrons. The molecule has 1 unspecified atom stereocenters. The quantitative estimate of drug-likeness (QED) is 0.432. The number of aliphatic imine (C=N–C) groups is 1. The van der Waals surface area contributed by atoms with E-state index >= 15 is 0 Å². The first-order chi connectivity index (χ1) is 12.9. The van der Waals surface area contributed by atoms with Gasteiger partial charge in [0, 0.05) is 37.9 Å². The lowest BCUT2D eigenvalue weighted by molar-refractivity contribution is 0.0420. The van der Waals surface area contributed by atoms with Crippen LogP contribution in [-0.4, -0.2) is 50.0 Å². The summed E-state index contributed by atoms with van der Waals surface area (Å²) in [6, 6.07) is 10.2. The normalized spacial score (nSPS) is 17.6. The minimum absolute atomic E-state index is 0.275. The van der Waals surface area contributed by atoms with Crippen molar-refractivity contribution in [1.29, 1.82) is 0 Å². The zero-order valence-electron chi connectivity index (χ0n) is 15.4. The van der Waals surface area contributed by atoms with E-state index in [1.807, 2.05) is 30.5 Å². The number of nitrogens with one attached hydrogen (secondary N) is 2. The van der Waals surface area contributed by atoms with E-state index in [1.165, 1.54) is 5.56 Å². The molecule has 1 aromatic carbocycles. The van der Waals surface area contributed by atoms with Gasteiger partial charge >= 0.3 is 0 Å². The number of aromatic nitrogens is 1. The second-order valence-corrected chi connectivity index (χ2v) is 6.32. The van der Waals surface area contributed by atoms with Gasteiger partial charge in [-0.2, -0.15) is 0 Å². The Hall–Kier alpha value is -2.18. The molecule has 140 valence electrons. The van der Waals surface area contributed by atoms with Crippen molar-refractivity contribution >= 4 is 16.9 Å². The second-order valence-electron chi connectivity index (χ2n) is 6.32. The molecule has 26 heavy (non-hydrogen) atoms. The SMILES string of the molecule is CCNC(=NCc1ccnc2ccccc12)NCCCOC1CCOC1. The van der Waals surface area contributed by atoms with Crippen LogP contribution in [0.5, 0.6) is 0 Å². The number of benzene rings is 1. The van der Waals surface area contributed by atoms with Crippen molar-refractivity contribution in [1.82, 2.24) is 15.6 Å². The van der Waals surface area contributed by atoms with Crippen LogP contribution < -0.4 is 10.6 Å². The third-order valence-electron chi connectivity index (χ3n) is 4.35. The predicted molar refractivity (Wildman–Crippen MR) is 104 cm³/mol. The molecule has 2 heterocycles. The average molecular weight is 356 g/mol. The van der Waals surface area contributed by atoms with Crippen molar-refractivity contribution in [3.63, 3.8) is 0 Å². The van der Waals surface area contributed by atoms with Crippen LogP contribution in [0.3, 0.4) is 0 Å². The number of guanidine groups is 1. The second kappa shape index (κ2) is 10.1. The summed E-state index contributed by atoms with van der Waals surface area (Å²) in [5, 5.41) is 7.83. The zero-order valence-corrected chi connectivity index (χ0v) is 15.4. The van der Waals surface area contributed by atoms with Gasteiger partial charge in [-0.05, 0) is 37.5 Å². The fourth-order valence-corrected chi connectivity index (χ4v) is 2.97. The Kier molecular flexibility index (Phi) is 7.22. The molecule has 0 spiro atoms. The Labute approximate surface area is 155 Å². The molecule has 6 heteroatoms. The number of rotatable bonds is 8. The fourth-order valence-electron chi connectivity index (χ4n) is 2.97. The summed E-state index contributed by atoms with van der Waals surface area (Å²) in [7, 11) is 0. The summed E-state index contributed by atoms with van der Waals surface area (Å²) < 4.78 is 11.1. The zero-order chi connectivity index (χ0) is 18.0. The first kappa shape index (κ1) is 18.6. The minimum atomic E-state index is 0.275. The highest BCUT2D eigenvalue weighted by Gasteiger charge is 2.15. The highest BCUT2D eigenvalue weighted by Crippen LogP contribution is 2.16. The molecule has 1 saturated heterocycles. The molecule has 1 aliphatic heterocycles. The Morgan fingerprint density at radius 2 is 2.23 bits per heavy atom. The van der Waals surface area contributed by atoms with Gasteiger partial charge in [-0.3, -0.25) is 4.98 Å². The molecule has 0 amide bonds. The van der Waals surface area contributed by atoms with E-state index in [0.717, 1.165) is 62.6 Å². The molecule has 1 atom stereocenters. The van der Waals surface area contributed by atoms with E-state index < -0.39 is 0 Å². The van der Waals surface area contributed by atoms with Gasteiger partial charge in [0.15, 0.2) is 5.96 Å². The average Bonchev–Trinajstić information content (AvgIpc) is 3.19. The molecule has 3 rings (SSSR count). The molecular weight excluding hydrogens is 328 g/mol. The highest BCUT2D eigenvalue weighted by molar-refractivity contribution is 5.83. The van der Waals surface area contributed by atoms with E-state index in [9.17, 15) is 0 Å². The maximum absolute atomic E-state index is 5.79. The van der Waals surface area contributed by atoms with Crippen LogP contribution in [0, 0.1) is 0 Å². The summed E-state index contributed by atoms with van der Waals surface area (Å²) in [5.41, 5.74) is 2.18. The van der Waals surface area contributed by atoms with Gasteiger partial charge in [-0.25, -0.2) is 4.99 Å². The highest BCUT2D eigenvalue weighted by atomic mass is 16.5. The molecule has 2 N–H and O–H groups in total. The van der Waals surface area contributed by atoms with Crippen molar-refractivity contribution in [3.05, 3.63) is 42.1 Å². The van der Waals surface area contributed by atoms with Gasteiger partial charge in [0.2, 0.25) is 0 Å². The third-order valence-corrected chi connectivity index (χ3v) is 4.35. The molecular formula is C20H28N4O2. The molecule has 0 bridgehead atoms. The Morgan fingerprint density at radius 1 is 1.31 bits per heavy atom. The lowest BCUT2D eigenvalue weighted by atomic mass is 10.1. The van der Waals surface area contributed by atoms with E-state index in [0.29, 0.717) is 6.54 Å². The Morgan fingerprint density at radius 3 is 3.08 bits per heavy atom. The van der Waals surface area contributed by atoms with Gasteiger partial charge in [-0.15, -0.1) is 0 Å². The van der Waals surface area contributed by atoms with Crippen molar-refractivity contribution in [3.8, 4) is 0 Å². The van der Waals surface area contributed by atoms with Gasteiger partial charge in [0.1, 0.15) is 0 Å². The molecule has 6 nitrogen and oxygen atoms in total. The van der Waals surface area contributed by atoms with Crippen LogP contribution in [0.15, 0.2) is 41.5 Å². The number of nitrogens with zero attached hydrogens (tertiary/aromatic N) is 2. The standard InChI is InChI=1S/C20H28N4O2/c1-2-21-20(23-10-5-12-26-17-9-13-25-15-17)24-14-16-8-11-22-19-7-4-3-6-18(16)19/h3-4,6-8,11,17H,2,5,9-10,12-15H2,1H3,(H2,21,23,24). The summed E-state index contributed by atoms with van der Waals surface area (Å²) >= 11 is 0. The number of hydrogen-bond donors (Lipinski definition) is 2. The van der Waals surface area contributed by atoms with Gasteiger partial charge in [0.25, 0.3) is 0 Å². The van der Waals surface area contributed by atoms with E-state index in [-0.39, 0.29) is 6.10 Å². The summed E-state index contributed by atoms with van der Waals surface area (Å²) in [5.74, 6) is 0.831. The lowest BCUT2D eigenvalue weighted by Gasteiger charge is -2.13. The van der Waals surface area contributed by atoms with Crippen molar-refractivity contribution < 1.29 is 9.47 Å². The van der Waals surface area contributed by atoms with Crippen LogP contribution in [0.25, 0.3) is 10.9 Å². The largest absolute Gasteiger partial charge is 0.379 e. The van der Waals surface area contributed by atoms with Crippen molar-refractivity contribution in [2.24, 2.45) is 4.99 Å². The van der Waals surface area contributed by atoms with Crippen molar-refractivity contribution in [2.75, 3.05) is 32.9 Å². The predicted octanol–water partition coefficient (Wildman–Crippen LogP) is 2.49. The minimum Gasteiger partial charge on any atom is -0.379 e. The van der Waals surface area contributed by atoms with E-state index in [1.54, 1.807) is 0 Å². The number of ether oxygens (including phenoxy) is 2. The van der Waals surface area contributed by atoms with Crippen LogP contribution in [0.1, 0.15) is 25.3 Å². The molecule has 1 aliphatic rings.